The summed E-state index contributed by atoms with van der Waals surface area (Å²) in [5.74, 6) is -0.582. The molecule has 0 unspecified atom stereocenters. The van der Waals surface area contributed by atoms with Crippen molar-refractivity contribution in [1.29, 1.82) is 0 Å². The zero-order valence-corrected chi connectivity index (χ0v) is 19.8. The van der Waals surface area contributed by atoms with Crippen LogP contribution in [-0.4, -0.2) is 34.9 Å². The van der Waals surface area contributed by atoms with Crippen molar-refractivity contribution in [3.05, 3.63) is 49.9 Å². The van der Waals surface area contributed by atoms with E-state index in [-0.39, 0.29) is 16.4 Å². The number of benzene rings is 1. The second-order valence-corrected chi connectivity index (χ2v) is 10.00. The third-order valence-corrected chi connectivity index (χ3v) is 7.47. The number of nitro groups is 1. The van der Waals surface area contributed by atoms with Gasteiger partial charge in [-0.25, -0.2) is 0 Å². The van der Waals surface area contributed by atoms with E-state index in [0.29, 0.717) is 22.2 Å². The number of thiocarbonyl (C=S) groups is 1. The van der Waals surface area contributed by atoms with Crippen molar-refractivity contribution in [2.24, 2.45) is 11.7 Å². The third-order valence-electron chi connectivity index (χ3n) is 6.09. The first-order valence-electron chi connectivity index (χ1n) is 10.8. The number of carbonyl (C=O) groups excluding carboxylic acids is 2. The summed E-state index contributed by atoms with van der Waals surface area (Å²) in [7, 11) is 0. The number of hydrogen-bond donors (Lipinski definition) is 3. The molecule has 9 nitrogen and oxygen atoms in total. The zero-order valence-electron chi connectivity index (χ0n) is 18.2. The molecule has 2 aliphatic rings. The smallest absolute Gasteiger partial charge is 0.293 e. The molecule has 0 radical (unpaired) electrons. The molecule has 1 saturated heterocycles. The third kappa shape index (κ3) is 4.83. The van der Waals surface area contributed by atoms with E-state index < -0.39 is 16.7 Å². The maximum absolute atomic E-state index is 12.7. The quantitative estimate of drug-likeness (QED) is 0.334. The van der Waals surface area contributed by atoms with Crippen molar-refractivity contribution in [3.63, 3.8) is 0 Å². The fourth-order valence-electron chi connectivity index (χ4n) is 4.45. The normalized spacial score (nSPS) is 17.4. The maximum atomic E-state index is 12.7. The van der Waals surface area contributed by atoms with E-state index in [1.807, 2.05) is 4.90 Å². The lowest BCUT2D eigenvalue weighted by Gasteiger charge is -2.18. The van der Waals surface area contributed by atoms with Crippen molar-refractivity contribution in [1.82, 2.24) is 5.32 Å². The molecule has 1 fully saturated rings. The molecule has 0 saturated carbocycles. The molecule has 1 atom stereocenters. The highest BCUT2D eigenvalue weighted by Crippen LogP contribution is 2.39. The van der Waals surface area contributed by atoms with E-state index in [1.165, 1.54) is 17.4 Å². The fourth-order valence-corrected chi connectivity index (χ4v) is 6.13. The van der Waals surface area contributed by atoms with Crippen LogP contribution in [0.25, 0.3) is 0 Å². The van der Waals surface area contributed by atoms with Crippen LogP contribution in [0.4, 0.5) is 16.4 Å². The average Bonchev–Trinajstić information content (AvgIpc) is 3.40. The first-order valence-corrected chi connectivity index (χ1v) is 12.1. The molecule has 174 valence electrons. The Morgan fingerprint density at radius 1 is 1.30 bits per heavy atom. The largest absolute Gasteiger partial charge is 0.366 e. The number of carbonyl (C=O) groups is 2. The van der Waals surface area contributed by atoms with Gasteiger partial charge in [0.05, 0.1) is 10.5 Å². The summed E-state index contributed by atoms with van der Waals surface area (Å²) in [6.07, 6.45) is 4.60. The van der Waals surface area contributed by atoms with E-state index in [9.17, 15) is 19.7 Å². The van der Waals surface area contributed by atoms with E-state index in [2.05, 4.69) is 17.6 Å². The number of nitrogens with one attached hydrogen (secondary N) is 2. The summed E-state index contributed by atoms with van der Waals surface area (Å²) >= 11 is 6.71. The van der Waals surface area contributed by atoms with Gasteiger partial charge in [0.1, 0.15) is 10.7 Å². The topological polar surface area (TPSA) is 131 Å². The van der Waals surface area contributed by atoms with Gasteiger partial charge in [0.2, 0.25) is 0 Å². The molecule has 1 aromatic carbocycles. The molecular formula is C22H25N5O4S2. The summed E-state index contributed by atoms with van der Waals surface area (Å²) < 4.78 is 0. The predicted molar refractivity (Wildman–Crippen MR) is 132 cm³/mol. The van der Waals surface area contributed by atoms with Crippen molar-refractivity contribution in [2.75, 3.05) is 23.3 Å². The van der Waals surface area contributed by atoms with Gasteiger partial charge < -0.3 is 16.0 Å². The second-order valence-electron chi connectivity index (χ2n) is 8.48. The number of primary amides is 1. The van der Waals surface area contributed by atoms with E-state index in [4.69, 9.17) is 18.0 Å². The van der Waals surface area contributed by atoms with Gasteiger partial charge in [0.25, 0.3) is 17.5 Å². The number of amides is 2. The number of nitrogens with zero attached hydrogens (tertiary/aromatic N) is 2. The number of fused-ring (bicyclic) bond motifs is 1. The Morgan fingerprint density at radius 2 is 2.03 bits per heavy atom. The van der Waals surface area contributed by atoms with Crippen LogP contribution in [-0.2, 0) is 12.8 Å². The Bertz CT molecular complexity index is 1140. The molecule has 0 spiro atoms. The van der Waals surface area contributed by atoms with Gasteiger partial charge in [-0.15, -0.1) is 11.3 Å². The first kappa shape index (κ1) is 23.1. The van der Waals surface area contributed by atoms with Crippen LogP contribution in [0.5, 0.6) is 0 Å². The summed E-state index contributed by atoms with van der Waals surface area (Å²) in [6.45, 7) is 3.68. The number of hydrogen-bond acceptors (Lipinski definition) is 7. The zero-order chi connectivity index (χ0) is 23.7. The molecule has 2 heterocycles. The van der Waals surface area contributed by atoms with Gasteiger partial charge in [-0.05, 0) is 67.9 Å². The van der Waals surface area contributed by atoms with Crippen molar-refractivity contribution >= 4 is 56.9 Å². The Balaban J connectivity index is 1.50. The summed E-state index contributed by atoms with van der Waals surface area (Å²) in [5.41, 5.74) is 7.53. The number of nitrogens with two attached hydrogens (primary N) is 1. The highest BCUT2D eigenvalue weighted by molar-refractivity contribution is 7.80. The van der Waals surface area contributed by atoms with Crippen LogP contribution >= 0.6 is 23.6 Å². The SMILES string of the molecule is C[C@H]1CCc2c(sc(NC(=S)NC(=O)c3ccc(N4CCCC4)c([N+](=O)[O-])c3)c2C(N)=O)C1. The lowest BCUT2D eigenvalue weighted by Crippen LogP contribution is -2.34. The molecule has 11 heteroatoms. The Kier molecular flexibility index (Phi) is 6.61. The first-order chi connectivity index (χ1) is 15.7. The van der Waals surface area contributed by atoms with Crippen molar-refractivity contribution in [2.45, 2.75) is 39.0 Å². The predicted octanol–water partition coefficient (Wildman–Crippen LogP) is 3.61. The molecular weight excluding hydrogens is 462 g/mol. The van der Waals surface area contributed by atoms with Crippen LogP contribution in [0.15, 0.2) is 18.2 Å². The molecule has 1 aliphatic carbocycles. The van der Waals surface area contributed by atoms with Crippen molar-refractivity contribution in [3.8, 4) is 0 Å². The lowest BCUT2D eigenvalue weighted by atomic mass is 9.88. The van der Waals surface area contributed by atoms with Gasteiger partial charge in [-0.2, -0.15) is 0 Å². The number of anilines is 2. The molecule has 2 aromatic rings. The van der Waals surface area contributed by atoms with Crippen LogP contribution in [0.3, 0.4) is 0 Å². The molecule has 2 amide bonds. The minimum absolute atomic E-state index is 0.000387. The minimum Gasteiger partial charge on any atom is -0.366 e. The number of thiophene rings is 1. The van der Waals surface area contributed by atoms with Crippen molar-refractivity contribution < 1.29 is 14.5 Å². The second kappa shape index (κ2) is 9.44. The van der Waals surface area contributed by atoms with E-state index in [0.717, 1.165) is 55.6 Å². The number of nitro benzene ring substituents is 1. The standard InChI is InChI=1S/C22H25N5O4S2/c1-12-4-6-14-17(10-12)33-21(18(14)19(23)28)25-22(32)24-20(29)13-5-7-15(16(11-13)27(30)31)26-8-2-3-9-26/h5,7,11-12H,2-4,6,8-10H2,1H3,(H2,23,28)(H2,24,25,29,32)/t12-/m0/s1. The van der Waals surface area contributed by atoms with E-state index >= 15 is 0 Å². The number of rotatable bonds is 5. The molecule has 4 N–H and O–H groups in total. The Labute approximate surface area is 200 Å². The average molecular weight is 488 g/mol. The summed E-state index contributed by atoms with van der Waals surface area (Å²) in [4.78, 5) is 39.0. The van der Waals surface area contributed by atoms with Crippen LogP contribution in [0, 0.1) is 16.0 Å². The van der Waals surface area contributed by atoms with Gasteiger partial charge in [-0.3, -0.25) is 25.0 Å². The van der Waals surface area contributed by atoms with Crippen LogP contribution in [0.2, 0.25) is 0 Å². The lowest BCUT2D eigenvalue weighted by molar-refractivity contribution is -0.384. The maximum Gasteiger partial charge on any atom is 0.293 e. The highest BCUT2D eigenvalue weighted by atomic mass is 32.1. The Morgan fingerprint density at radius 3 is 2.70 bits per heavy atom. The van der Waals surface area contributed by atoms with Gasteiger partial charge >= 0.3 is 0 Å². The molecule has 1 aliphatic heterocycles. The van der Waals surface area contributed by atoms with Crippen LogP contribution < -0.4 is 21.3 Å². The molecule has 0 bridgehead atoms. The Hall–Kier alpha value is -3.05. The van der Waals surface area contributed by atoms with E-state index in [1.54, 1.807) is 12.1 Å². The van der Waals surface area contributed by atoms with Gasteiger partial charge in [0, 0.05) is 29.6 Å². The summed E-state index contributed by atoms with van der Waals surface area (Å²) in [5, 5.41) is 17.6. The van der Waals surface area contributed by atoms with Crippen LogP contribution in [0.1, 0.15) is 57.3 Å². The van der Waals surface area contributed by atoms with Gasteiger partial charge in [0.15, 0.2) is 5.11 Å². The monoisotopic (exact) mass is 487 g/mol. The molecule has 4 rings (SSSR count). The molecule has 1 aromatic heterocycles. The summed E-state index contributed by atoms with van der Waals surface area (Å²) in [6, 6.07) is 4.43. The van der Waals surface area contributed by atoms with Gasteiger partial charge in [-0.1, -0.05) is 6.92 Å². The molecule has 33 heavy (non-hydrogen) atoms. The minimum atomic E-state index is -0.570. The highest BCUT2D eigenvalue weighted by Gasteiger charge is 2.28. The fraction of sp³-hybridized carbons (Fsp3) is 0.409.